The normalized spacial score (nSPS) is 48.3. The Bertz CT molecular complexity index is 724. The van der Waals surface area contributed by atoms with Crippen LogP contribution in [0.15, 0.2) is 29.5 Å². The lowest BCUT2D eigenvalue weighted by molar-refractivity contribution is -0.0981. The van der Waals surface area contributed by atoms with Crippen LogP contribution in [0.3, 0.4) is 0 Å². The molecular weight excluding hydrogens is 360 g/mol. The number of nitrogens with zero attached hydrogens (tertiary/aromatic N) is 1. The third-order valence-corrected chi connectivity index (χ3v) is 9.77. The van der Waals surface area contributed by atoms with Crippen LogP contribution in [0.2, 0.25) is 0 Å². The van der Waals surface area contributed by atoms with Gasteiger partial charge in [-0.15, -0.1) is 0 Å². The fourth-order valence-electron chi connectivity index (χ4n) is 7.98. The van der Waals surface area contributed by atoms with Gasteiger partial charge in [0, 0.05) is 25.0 Å². The Morgan fingerprint density at radius 3 is 2.76 bits per heavy atom. The molecule has 7 atom stereocenters. The Labute approximate surface area is 175 Å². The van der Waals surface area contributed by atoms with Gasteiger partial charge in [-0.1, -0.05) is 36.4 Å². The number of oxime groups is 1. The Morgan fingerprint density at radius 2 is 2.00 bits per heavy atom. The standard InChI is InChI=1S/C25H38N2O2/c1-16-12-20-21-5-4-17(2)24(21,3)9-7-22(20)25(15-28)10-6-18(13-23(16)25)27-29-19-8-11-26-14-19/h19-23,26,28H,1-2,4-15H2,3H3/t19?,20?,21?,22?,23?,24-,25+/m1/s1. The van der Waals surface area contributed by atoms with Crippen LogP contribution < -0.4 is 5.32 Å². The topological polar surface area (TPSA) is 53.9 Å². The number of rotatable bonds is 3. The van der Waals surface area contributed by atoms with E-state index in [1.54, 1.807) is 0 Å². The summed E-state index contributed by atoms with van der Waals surface area (Å²) in [6, 6.07) is 0. The van der Waals surface area contributed by atoms with Gasteiger partial charge in [-0.25, -0.2) is 0 Å². The molecule has 0 bridgehead atoms. The average Bonchev–Trinajstić information content (AvgIpc) is 3.35. The van der Waals surface area contributed by atoms with Crippen LogP contribution in [0, 0.1) is 34.5 Å². The van der Waals surface area contributed by atoms with Crippen LogP contribution in [0.25, 0.3) is 0 Å². The molecule has 0 spiro atoms. The Morgan fingerprint density at radius 1 is 1.14 bits per heavy atom. The van der Waals surface area contributed by atoms with E-state index < -0.39 is 0 Å². The molecule has 4 heteroatoms. The van der Waals surface area contributed by atoms with E-state index in [0.29, 0.717) is 29.8 Å². The maximum absolute atomic E-state index is 10.7. The van der Waals surface area contributed by atoms with Crippen molar-refractivity contribution < 1.29 is 9.94 Å². The monoisotopic (exact) mass is 398 g/mol. The van der Waals surface area contributed by atoms with Gasteiger partial charge < -0.3 is 15.3 Å². The van der Waals surface area contributed by atoms with E-state index in [1.165, 1.54) is 42.5 Å². The second kappa shape index (κ2) is 7.23. The van der Waals surface area contributed by atoms with E-state index in [0.717, 1.165) is 51.1 Å². The predicted octanol–water partition coefficient (Wildman–Crippen LogP) is 4.46. The van der Waals surface area contributed by atoms with Gasteiger partial charge in [0.25, 0.3) is 0 Å². The van der Waals surface area contributed by atoms with E-state index >= 15 is 0 Å². The molecule has 2 N–H and O–H groups in total. The van der Waals surface area contributed by atoms with E-state index in [4.69, 9.17) is 4.84 Å². The van der Waals surface area contributed by atoms with Gasteiger partial charge in [0.05, 0.1) is 5.71 Å². The molecule has 5 rings (SSSR count). The molecule has 4 nitrogen and oxygen atoms in total. The molecule has 1 aliphatic heterocycles. The summed E-state index contributed by atoms with van der Waals surface area (Å²) in [5, 5.41) is 18.7. The largest absolute Gasteiger partial charge is 0.396 e. The molecule has 5 fully saturated rings. The summed E-state index contributed by atoms with van der Waals surface area (Å²) in [6.07, 6.45) is 10.3. The smallest absolute Gasteiger partial charge is 0.141 e. The minimum absolute atomic E-state index is 0.000806. The van der Waals surface area contributed by atoms with Crippen LogP contribution in [-0.4, -0.2) is 36.6 Å². The summed E-state index contributed by atoms with van der Waals surface area (Å²) in [4.78, 5) is 5.84. The number of hydrogen-bond acceptors (Lipinski definition) is 4. The highest BCUT2D eigenvalue weighted by molar-refractivity contribution is 5.85. The first-order chi connectivity index (χ1) is 14.0. The number of nitrogens with one attached hydrogen (secondary N) is 1. The Balaban J connectivity index is 1.38. The van der Waals surface area contributed by atoms with Gasteiger partial charge in [0.15, 0.2) is 0 Å². The van der Waals surface area contributed by atoms with Crippen molar-refractivity contribution in [2.24, 2.45) is 39.7 Å². The summed E-state index contributed by atoms with van der Waals surface area (Å²) >= 11 is 0. The molecule has 29 heavy (non-hydrogen) atoms. The first kappa shape index (κ1) is 19.8. The van der Waals surface area contributed by atoms with Crippen LogP contribution in [0.5, 0.6) is 0 Å². The molecule has 5 aliphatic rings. The third kappa shape index (κ3) is 2.96. The van der Waals surface area contributed by atoms with Crippen molar-refractivity contribution in [3.63, 3.8) is 0 Å². The van der Waals surface area contributed by atoms with Crippen molar-refractivity contribution in [2.75, 3.05) is 19.7 Å². The highest BCUT2D eigenvalue weighted by Gasteiger charge is 2.60. The Kier molecular flexibility index (Phi) is 4.94. The van der Waals surface area contributed by atoms with Gasteiger partial charge in [0.2, 0.25) is 0 Å². The first-order valence-corrected chi connectivity index (χ1v) is 11.9. The predicted molar refractivity (Wildman–Crippen MR) is 117 cm³/mol. The van der Waals surface area contributed by atoms with Gasteiger partial charge in [-0.2, -0.15) is 0 Å². The molecule has 5 unspecified atom stereocenters. The SMILES string of the molecule is C=C1CC2C(CC[C@]3(C)C(=C)CCC23)[C@@]2(CO)CCC(=NOC3CCNC3)CC12. The van der Waals surface area contributed by atoms with Crippen LogP contribution in [0.4, 0.5) is 0 Å². The molecule has 4 saturated carbocycles. The zero-order chi connectivity index (χ0) is 20.2. The Hall–Kier alpha value is -1.13. The lowest BCUT2D eigenvalue weighted by Gasteiger charge is -2.61. The van der Waals surface area contributed by atoms with Crippen molar-refractivity contribution >= 4 is 5.71 Å². The molecule has 0 aromatic heterocycles. The molecule has 160 valence electrons. The zero-order valence-corrected chi connectivity index (χ0v) is 18.1. The van der Waals surface area contributed by atoms with Gasteiger partial charge in [-0.3, -0.25) is 0 Å². The number of aliphatic hydroxyl groups excluding tert-OH is 1. The number of aliphatic hydroxyl groups is 1. The molecule has 0 aromatic carbocycles. The van der Waals surface area contributed by atoms with Crippen LogP contribution in [-0.2, 0) is 4.84 Å². The fraction of sp³-hybridized carbons (Fsp3) is 0.800. The lowest BCUT2D eigenvalue weighted by atomic mass is 9.44. The third-order valence-electron chi connectivity index (χ3n) is 9.77. The van der Waals surface area contributed by atoms with E-state index in [9.17, 15) is 5.11 Å². The van der Waals surface area contributed by atoms with Crippen molar-refractivity contribution in [3.8, 4) is 0 Å². The van der Waals surface area contributed by atoms with Crippen molar-refractivity contribution in [1.29, 1.82) is 0 Å². The second-order valence-corrected chi connectivity index (χ2v) is 10.9. The maximum atomic E-state index is 10.7. The summed E-state index contributed by atoms with van der Waals surface area (Å²) < 4.78 is 0. The minimum atomic E-state index is -0.000806. The van der Waals surface area contributed by atoms with Crippen molar-refractivity contribution in [2.45, 2.75) is 70.8 Å². The molecule has 1 saturated heterocycles. The van der Waals surface area contributed by atoms with E-state index in [2.05, 4.69) is 30.6 Å². The van der Waals surface area contributed by atoms with Crippen molar-refractivity contribution in [1.82, 2.24) is 5.32 Å². The molecular formula is C25H38N2O2. The quantitative estimate of drug-likeness (QED) is 0.545. The minimum Gasteiger partial charge on any atom is -0.396 e. The number of fused-ring (bicyclic) bond motifs is 5. The number of allylic oxidation sites excluding steroid dienone is 2. The molecule has 4 aliphatic carbocycles. The highest BCUT2D eigenvalue weighted by Crippen LogP contribution is 2.67. The zero-order valence-electron chi connectivity index (χ0n) is 18.1. The highest BCUT2D eigenvalue weighted by atomic mass is 16.6. The average molecular weight is 399 g/mol. The van der Waals surface area contributed by atoms with Crippen LogP contribution in [0.1, 0.15) is 64.7 Å². The lowest BCUT2D eigenvalue weighted by Crippen LogP contribution is -2.56. The maximum Gasteiger partial charge on any atom is 0.141 e. The van der Waals surface area contributed by atoms with Gasteiger partial charge >= 0.3 is 0 Å². The summed E-state index contributed by atoms with van der Waals surface area (Å²) in [6.45, 7) is 13.7. The second-order valence-electron chi connectivity index (χ2n) is 10.9. The fourth-order valence-corrected chi connectivity index (χ4v) is 7.98. The molecule has 0 amide bonds. The van der Waals surface area contributed by atoms with Gasteiger partial charge in [-0.05, 0) is 87.0 Å². The first-order valence-electron chi connectivity index (χ1n) is 11.9. The number of hydrogen-bond donors (Lipinski definition) is 2. The van der Waals surface area contributed by atoms with Crippen molar-refractivity contribution in [3.05, 3.63) is 24.3 Å². The summed E-state index contributed by atoms with van der Waals surface area (Å²) in [7, 11) is 0. The van der Waals surface area contributed by atoms with Gasteiger partial charge in [0.1, 0.15) is 6.10 Å². The van der Waals surface area contributed by atoms with E-state index in [-0.39, 0.29) is 11.5 Å². The molecule has 0 radical (unpaired) electrons. The molecule has 0 aromatic rings. The summed E-state index contributed by atoms with van der Waals surface area (Å²) in [5.74, 6) is 2.38. The summed E-state index contributed by atoms with van der Waals surface area (Å²) in [5.41, 5.74) is 4.33. The molecule has 1 heterocycles. The van der Waals surface area contributed by atoms with Crippen LogP contribution >= 0.6 is 0 Å². The van der Waals surface area contributed by atoms with E-state index in [1.807, 2.05) is 0 Å².